The molecule has 2 fully saturated rings. The van der Waals surface area contributed by atoms with Crippen molar-refractivity contribution in [2.24, 2.45) is 23.7 Å². The van der Waals surface area contributed by atoms with Gasteiger partial charge in [-0.15, -0.1) is 0 Å². The van der Waals surface area contributed by atoms with Gasteiger partial charge in [-0.1, -0.05) is 82.8 Å². The monoisotopic (exact) mass is 368 g/mol. The summed E-state index contributed by atoms with van der Waals surface area (Å²) < 4.78 is 0. The van der Waals surface area contributed by atoms with Crippen LogP contribution in [0.1, 0.15) is 110 Å². The van der Waals surface area contributed by atoms with Crippen molar-refractivity contribution in [3.8, 4) is 11.8 Å². The molecule has 0 aromatic carbocycles. The smallest absolute Gasteiger partial charge is 0.0153 e. The summed E-state index contributed by atoms with van der Waals surface area (Å²) >= 11 is 0. The molecular weight excluding hydrogens is 324 g/mol. The van der Waals surface area contributed by atoms with E-state index in [2.05, 4.69) is 50.0 Å². The van der Waals surface area contributed by atoms with E-state index in [-0.39, 0.29) is 0 Å². The molecule has 0 atom stereocenters. The van der Waals surface area contributed by atoms with Crippen LogP contribution in [0.4, 0.5) is 0 Å². The molecule has 0 heteroatoms. The van der Waals surface area contributed by atoms with Gasteiger partial charge in [-0.3, -0.25) is 0 Å². The first kappa shape index (κ1) is 22.3. The summed E-state index contributed by atoms with van der Waals surface area (Å²) in [7, 11) is 0. The molecule has 2 aliphatic carbocycles. The average Bonchev–Trinajstić information content (AvgIpc) is 2.70. The molecular formula is C27H44. The molecule has 152 valence electrons. The van der Waals surface area contributed by atoms with Crippen molar-refractivity contribution >= 4 is 0 Å². The lowest BCUT2D eigenvalue weighted by Gasteiger charge is -2.26. The van der Waals surface area contributed by atoms with Crippen molar-refractivity contribution in [1.29, 1.82) is 0 Å². The summed E-state index contributed by atoms with van der Waals surface area (Å²) in [6, 6.07) is 0. The molecule has 0 bridgehead atoms. The summed E-state index contributed by atoms with van der Waals surface area (Å²) in [5, 5.41) is 0. The van der Waals surface area contributed by atoms with E-state index in [0.29, 0.717) is 0 Å². The number of hydrogen-bond acceptors (Lipinski definition) is 0. The van der Waals surface area contributed by atoms with Gasteiger partial charge in [0.05, 0.1) is 0 Å². The van der Waals surface area contributed by atoms with Crippen LogP contribution in [-0.2, 0) is 0 Å². The molecule has 0 spiro atoms. The van der Waals surface area contributed by atoms with Gasteiger partial charge in [-0.2, -0.15) is 0 Å². The van der Waals surface area contributed by atoms with Crippen molar-refractivity contribution < 1.29 is 0 Å². The summed E-state index contributed by atoms with van der Waals surface area (Å²) in [4.78, 5) is 0. The minimum absolute atomic E-state index is 0.781. The van der Waals surface area contributed by atoms with Gasteiger partial charge in [0.25, 0.3) is 0 Å². The van der Waals surface area contributed by atoms with Gasteiger partial charge in [-0.05, 0) is 87.2 Å². The third kappa shape index (κ3) is 9.69. The molecule has 0 amide bonds. The molecule has 0 N–H and O–H groups in total. The third-order valence-electron chi connectivity index (χ3n) is 6.93. The fourth-order valence-corrected chi connectivity index (χ4v) is 5.07. The summed E-state index contributed by atoms with van der Waals surface area (Å²) in [5.74, 6) is 10.1. The van der Waals surface area contributed by atoms with Crippen LogP contribution in [0.15, 0.2) is 24.3 Å². The van der Waals surface area contributed by atoms with Crippen LogP contribution >= 0.6 is 0 Å². The minimum Gasteiger partial charge on any atom is -0.0730 e. The second-order valence-electron chi connectivity index (χ2n) is 9.21. The van der Waals surface area contributed by atoms with Crippen molar-refractivity contribution in [3.05, 3.63) is 24.3 Å². The highest BCUT2D eigenvalue weighted by atomic mass is 14.2. The van der Waals surface area contributed by atoms with Crippen LogP contribution in [-0.4, -0.2) is 0 Å². The Balaban J connectivity index is 1.56. The zero-order valence-electron chi connectivity index (χ0n) is 18.2. The highest BCUT2D eigenvalue weighted by molar-refractivity contribution is 5.24. The van der Waals surface area contributed by atoms with E-state index in [9.17, 15) is 0 Å². The molecule has 0 heterocycles. The van der Waals surface area contributed by atoms with E-state index in [0.717, 1.165) is 23.7 Å². The number of rotatable bonds is 9. The van der Waals surface area contributed by atoms with E-state index >= 15 is 0 Å². The summed E-state index contributed by atoms with van der Waals surface area (Å²) in [6.07, 6.45) is 30.2. The van der Waals surface area contributed by atoms with Gasteiger partial charge < -0.3 is 0 Å². The number of allylic oxidation sites excluding steroid dienone is 4. The van der Waals surface area contributed by atoms with E-state index in [1.807, 2.05) is 0 Å². The fraction of sp³-hybridized carbons (Fsp3) is 0.778. The highest BCUT2D eigenvalue weighted by Crippen LogP contribution is 2.33. The van der Waals surface area contributed by atoms with Gasteiger partial charge in [0.2, 0.25) is 0 Å². The summed E-state index contributed by atoms with van der Waals surface area (Å²) in [5.41, 5.74) is 0. The van der Waals surface area contributed by atoms with Gasteiger partial charge in [0.15, 0.2) is 0 Å². The quantitative estimate of drug-likeness (QED) is 0.283. The average molecular weight is 369 g/mol. The van der Waals surface area contributed by atoms with Crippen LogP contribution in [0, 0.1) is 35.5 Å². The lowest BCUT2D eigenvalue weighted by atomic mass is 9.79. The van der Waals surface area contributed by atoms with Crippen LogP contribution < -0.4 is 0 Å². The summed E-state index contributed by atoms with van der Waals surface area (Å²) in [6.45, 7) is 4.62. The Morgan fingerprint density at radius 1 is 0.593 bits per heavy atom. The van der Waals surface area contributed by atoms with E-state index in [1.165, 1.54) is 96.3 Å². The zero-order chi connectivity index (χ0) is 19.2. The first-order chi connectivity index (χ1) is 13.3. The Labute approximate surface area is 170 Å². The highest BCUT2D eigenvalue weighted by Gasteiger charge is 2.19. The maximum atomic E-state index is 3.24. The molecule has 2 rings (SSSR count). The third-order valence-corrected chi connectivity index (χ3v) is 6.93. The molecule has 0 radical (unpaired) electrons. The standard InChI is InChI=1S/C27H44/c1-3-5-6-9-13-25-20-22-27(23-21-25)15-11-8-7-10-14-26-18-16-24(12-4-2)17-19-26/h10-11,14-15,24-27H,3-6,9,12-13,16-23H2,1-2H3/b14-10+,15-11+. The fourth-order valence-electron chi connectivity index (χ4n) is 5.07. The second kappa shape index (κ2) is 14.1. The zero-order valence-corrected chi connectivity index (χ0v) is 18.2. The largest absolute Gasteiger partial charge is 0.0730 e. The molecule has 27 heavy (non-hydrogen) atoms. The Morgan fingerprint density at radius 2 is 1.11 bits per heavy atom. The van der Waals surface area contributed by atoms with Crippen molar-refractivity contribution in [3.63, 3.8) is 0 Å². The predicted molar refractivity (Wildman–Crippen MR) is 121 cm³/mol. The van der Waals surface area contributed by atoms with Crippen molar-refractivity contribution in [2.75, 3.05) is 0 Å². The topological polar surface area (TPSA) is 0 Å². The molecule has 0 saturated heterocycles. The van der Waals surface area contributed by atoms with Gasteiger partial charge >= 0.3 is 0 Å². The maximum Gasteiger partial charge on any atom is -0.0153 e. The van der Waals surface area contributed by atoms with Crippen LogP contribution in [0.2, 0.25) is 0 Å². The van der Waals surface area contributed by atoms with Gasteiger partial charge in [0, 0.05) is 0 Å². The van der Waals surface area contributed by atoms with E-state index in [4.69, 9.17) is 0 Å². The van der Waals surface area contributed by atoms with Crippen molar-refractivity contribution in [1.82, 2.24) is 0 Å². The first-order valence-electron chi connectivity index (χ1n) is 12.2. The Morgan fingerprint density at radius 3 is 1.59 bits per heavy atom. The Hall–Kier alpha value is -0.960. The number of hydrogen-bond donors (Lipinski definition) is 0. The maximum absolute atomic E-state index is 3.24. The molecule has 0 aliphatic heterocycles. The van der Waals surface area contributed by atoms with Crippen molar-refractivity contribution in [2.45, 2.75) is 110 Å². The lowest BCUT2D eigenvalue weighted by molar-refractivity contribution is 0.289. The van der Waals surface area contributed by atoms with E-state index in [1.54, 1.807) is 0 Å². The van der Waals surface area contributed by atoms with Crippen LogP contribution in [0.25, 0.3) is 0 Å². The minimum atomic E-state index is 0.781. The van der Waals surface area contributed by atoms with Crippen LogP contribution in [0.3, 0.4) is 0 Å². The lowest BCUT2D eigenvalue weighted by Crippen LogP contribution is -2.13. The number of unbranched alkanes of at least 4 members (excludes halogenated alkanes) is 3. The van der Waals surface area contributed by atoms with Crippen LogP contribution in [0.5, 0.6) is 0 Å². The first-order valence-corrected chi connectivity index (χ1v) is 12.2. The molecule has 0 aromatic rings. The SMILES string of the molecule is CCCCCCC1CCC(/C=C/C#C/C=C/C2CCC(CCC)CC2)CC1. The molecule has 2 saturated carbocycles. The molecule has 0 aromatic heterocycles. The molecule has 0 unspecified atom stereocenters. The van der Waals surface area contributed by atoms with E-state index < -0.39 is 0 Å². The second-order valence-corrected chi connectivity index (χ2v) is 9.21. The Kier molecular flexibility index (Phi) is 11.7. The molecule has 2 aliphatic rings. The van der Waals surface area contributed by atoms with Gasteiger partial charge in [-0.25, -0.2) is 0 Å². The van der Waals surface area contributed by atoms with Gasteiger partial charge in [0.1, 0.15) is 0 Å². The Bertz CT molecular complexity index is 470. The molecule has 0 nitrogen and oxygen atoms in total. The predicted octanol–water partition coefficient (Wildman–Crippen LogP) is 8.49. The normalized spacial score (nSPS) is 29.1.